The van der Waals surface area contributed by atoms with E-state index in [4.69, 9.17) is 6.42 Å². The van der Waals surface area contributed by atoms with Crippen LogP contribution in [0.4, 0.5) is 0 Å². The van der Waals surface area contributed by atoms with E-state index in [1.807, 2.05) is 13.8 Å². The molecule has 29 heavy (non-hydrogen) atoms. The Morgan fingerprint density at radius 1 is 0.793 bits per heavy atom. The van der Waals surface area contributed by atoms with Gasteiger partial charge in [0.25, 0.3) is 0 Å². The first kappa shape index (κ1) is 21.7. The maximum Gasteiger partial charge on any atom is 0.0568 e. The van der Waals surface area contributed by atoms with Gasteiger partial charge in [0.05, 0.1) is 6.10 Å². The molecular formula is C28H46O. The summed E-state index contributed by atoms with van der Waals surface area (Å²) >= 11 is 0. The Kier molecular flexibility index (Phi) is 5.69. The fourth-order valence-corrected chi connectivity index (χ4v) is 10.1. The lowest BCUT2D eigenvalue weighted by Gasteiger charge is -2.67. The number of hydrogen-bond acceptors (Lipinski definition) is 1. The summed E-state index contributed by atoms with van der Waals surface area (Å²) in [6, 6.07) is 0. The zero-order valence-corrected chi connectivity index (χ0v) is 19.8. The first-order valence-electron chi connectivity index (χ1n) is 13.0. The van der Waals surface area contributed by atoms with Crippen LogP contribution in [0.1, 0.15) is 105 Å². The normalized spacial score (nSPS) is 55.8. The van der Waals surface area contributed by atoms with Gasteiger partial charge < -0.3 is 5.11 Å². The third kappa shape index (κ3) is 2.91. The van der Waals surface area contributed by atoms with Gasteiger partial charge in [-0.2, -0.15) is 0 Å². The Labute approximate surface area is 180 Å². The van der Waals surface area contributed by atoms with Crippen LogP contribution in [0.15, 0.2) is 0 Å². The molecule has 5 aliphatic rings. The molecule has 0 amide bonds. The molecular weight excluding hydrogens is 352 g/mol. The number of terminal acetylenes is 1. The van der Waals surface area contributed by atoms with Crippen LogP contribution >= 0.6 is 0 Å². The molecule has 1 heteroatoms. The topological polar surface area (TPSA) is 20.2 Å². The minimum Gasteiger partial charge on any atom is -0.393 e. The Balaban J connectivity index is 0.000000994. The van der Waals surface area contributed by atoms with Crippen molar-refractivity contribution in [1.82, 2.24) is 0 Å². The monoisotopic (exact) mass is 398 g/mol. The Bertz CT molecular complexity index is 647. The molecule has 0 aromatic carbocycles. The van der Waals surface area contributed by atoms with Crippen LogP contribution in [0.5, 0.6) is 0 Å². The van der Waals surface area contributed by atoms with Gasteiger partial charge >= 0.3 is 0 Å². The zero-order valence-electron chi connectivity index (χ0n) is 19.8. The lowest BCUT2D eigenvalue weighted by molar-refractivity contribution is -0.191. The van der Waals surface area contributed by atoms with Crippen molar-refractivity contribution < 1.29 is 5.11 Å². The fraction of sp³-hybridized carbons (Fsp3) is 0.929. The van der Waals surface area contributed by atoms with Crippen molar-refractivity contribution in [3.8, 4) is 12.3 Å². The summed E-state index contributed by atoms with van der Waals surface area (Å²) in [5.41, 5.74) is 1.22. The van der Waals surface area contributed by atoms with Gasteiger partial charge in [0.2, 0.25) is 0 Å². The molecule has 164 valence electrons. The molecule has 5 saturated carbocycles. The standard InChI is InChI=1S/C26H40O.C2H6/c1-5-26-13-6-7-21(26)18-8-9-23-24(3)15-12-22(27)17(2)19(24)10-14-25(23,4)20(18)11-16-26;1-2/h1,17-23,27H,6-16H2,2-4H3;1-2H3. The summed E-state index contributed by atoms with van der Waals surface area (Å²) in [6.07, 6.45) is 20.7. The van der Waals surface area contributed by atoms with E-state index in [0.717, 1.165) is 36.0 Å². The summed E-state index contributed by atoms with van der Waals surface area (Å²) < 4.78 is 0. The van der Waals surface area contributed by atoms with E-state index in [1.54, 1.807) is 0 Å². The first-order chi connectivity index (χ1) is 13.9. The molecule has 0 aromatic heterocycles. The number of rotatable bonds is 0. The van der Waals surface area contributed by atoms with Crippen molar-refractivity contribution in [3.05, 3.63) is 0 Å². The second kappa shape index (κ2) is 7.58. The van der Waals surface area contributed by atoms with Gasteiger partial charge in [0, 0.05) is 5.41 Å². The molecule has 10 atom stereocenters. The fourth-order valence-electron chi connectivity index (χ4n) is 10.1. The molecule has 5 fully saturated rings. The van der Waals surface area contributed by atoms with Gasteiger partial charge in [0.15, 0.2) is 0 Å². The number of aliphatic hydroxyl groups is 1. The molecule has 1 N–H and O–H groups in total. The van der Waals surface area contributed by atoms with Gasteiger partial charge in [-0.3, -0.25) is 0 Å². The van der Waals surface area contributed by atoms with Crippen molar-refractivity contribution >= 4 is 0 Å². The SMILES string of the molecule is C#CC12CCCC1C1CCC3C4(C)CCC(O)C(C)C4CCC3(C)C1CC2.CC. The van der Waals surface area contributed by atoms with Crippen LogP contribution in [-0.4, -0.2) is 11.2 Å². The lowest BCUT2D eigenvalue weighted by atomic mass is 9.37. The number of aliphatic hydroxyl groups excluding tert-OH is 1. The largest absolute Gasteiger partial charge is 0.393 e. The average Bonchev–Trinajstić information content (AvgIpc) is 3.17. The molecule has 1 nitrogen and oxygen atoms in total. The third-order valence-electron chi connectivity index (χ3n) is 11.4. The second-order valence-corrected chi connectivity index (χ2v) is 11.9. The molecule has 0 aromatic rings. The summed E-state index contributed by atoms with van der Waals surface area (Å²) in [6.45, 7) is 11.6. The van der Waals surface area contributed by atoms with Crippen LogP contribution < -0.4 is 0 Å². The van der Waals surface area contributed by atoms with Crippen LogP contribution in [0, 0.1) is 64.1 Å². The van der Waals surface area contributed by atoms with Crippen LogP contribution in [0.25, 0.3) is 0 Å². The Morgan fingerprint density at radius 3 is 2.17 bits per heavy atom. The van der Waals surface area contributed by atoms with Crippen molar-refractivity contribution in [2.75, 3.05) is 0 Å². The zero-order chi connectivity index (χ0) is 21.0. The van der Waals surface area contributed by atoms with Crippen molar-refractivity contribution in [2.45, 2.75) is 111 Å². The maximum absolute atomic E-state index is 10.5. The Hall–Kier alpha value is -0.480. The highest BCUT2D eigenvalue weighted by Gasteiger charge is 2.64. The van der Waals surface area contributed by atoms with E-state index in [1.165, 1.54) is 64.2 Å². The smallest absolute Gasteiger partial charge is 0.0568 e. The summed E-state index contributed by atoms with van der Waals surface area (Å²) in [5.74, 6) is 8.03. The quantitative estimate of drug-likeness (QED) is 0.432. The average molecular weight is 399 g/mol. The molecule has 10 unspecified atom stereocenters. The minimum atomic E-state index is -0.0619. The summed E-state index contributed by atoms with van der Waals surface area (Å²) in [7, 11) is 0. The van der Waals surface area contributed by atoms with Crippen molar-refractivity contribution in [2.24, 2.45) is 51.8 Å². The van der Waals surface area contributed by atoms with Crippen LogP contribution in [0.3, 0.4) is 0 Å². The lowest BCUT2D eigenvalue weighted by Crippen LogP contribution is -2.61. The Morgan fingerprint density at radius 2 is 1.45 bits per heavy atom. The van der Waals surface area contributed by atoms with E-state index in [9.17, 15) is 5.11 Å². The minimum absolute atomic E-state index is 0.0619. The highest BCUT2D eigenvalue weighted by atomic mass is 16.3. The summed E-state index contributed by atoms with van der Waals surface area (Å²) in [5, 5.41) is 10.5. The number of fused-ring (bicyclic) bond motifs is 7. The molecule has 0 saturated heterocycles. The molecule has 5 aliphatic carbocycles. The maximum atomic E-state index is 10.5. The van der Waals surface area contributed by atoms with E-state index < -0.39 is 0 Å². The molecule has 0 heterocycles. The van der Waals surface area contributed by atoms with E-state index >= 15 is 0 Å². The van der Waals surface area contributed by atoms with Gasteiger partial charge in [-0.15, -0.1) is 6.42 Å². The predicted molar refractivity (Wildman–Crippen MR) is 122 cm³/mol. The highest BCUT2D eigenvalue weighted by Crippen LogP contribution is 2.71. The van der Waals surface area contributed by atoms with Gasteiger partial charge in [-0.05, 0) is 111 Å². The predicted octanol–water partition coefficient (Wildman–Crippen LogP) is 7.08. The number of hydrogen-bond donors (Lipinski definition) is 1. The van der Waals surface area contributed by atoms with E-state index in [0.29, 0.717) is 16.7 Å². The molecule has 0 bridgehead atoms. The van der Waals surface area contributed by atoms with E-state index in [2.05, 4.69) is 26.7 Å². The van der Waals surface area contributed by atoms with Crippen LogP contribution in [0.2, 0.25) is 0 Å². The molecule has 5 rings (SSSR count). The van der Waals surface area contributed by atoms with Gasteiger partial charge in [-0.1, -0.05) is 47.0 Å². The van der Waals surface area contributed by atoms with Crippen molar-refractivity contribution in [3.63, 3.8) is 0 Å². The molecule has 0 aliphatic heterocycles. The third-order valence-corrected chi connectivity index (χ3v) is 11.4. The van der Waals surface area contributed by atoms with E-state index in [-0.39, 0.29) is 11.5 Å². The van der Waals surface area contributed by atoms with Crippen molar-refractivity contribution in [1.29, 1.82) is 0 Å². The highest BCUT2D eigenvalue weighted by molar-refractivity contribution is 5.19. The molecule has 0 radical (unpaired) electrons. The second-order valence-electron chi connectivity index (χ2n) is 11.9. The summed E-state index contributed by atoms with van der Waals surface area (Å²) in [4.78, 5) is 0. The molecule has 0 spiro atoms. The first-order valence-corrected chi connectivity index (χ1v) is 13.0. The van der Waals surface area contributed by atoms with Crippen LogP contribution in [-0.2, 0) is 0 Å². The van der Waals surface area contributed by atoms with Gasteiger partial charge in [0.1, 0.15) is 0 Å². The van der Waals surface area contributed by atoms with Gasteiger partial charge in [-0.25, -0.2) is 0 Å².